The maximum atomic E-state index is 13.4. The SMILES string of the molecule is CCN(CCN1CCC(c2c[nH]c3cc(F)ccc23)CC1)S(=O)(=O)CCO. The molecular formula is C19H28FN3O3S. The monoisotopic (exact) mass is 397 g/mol. The summed E-state index contributed by atoms with van der Waals surface area (Å²) in [6.07, 6.45) is 3.99. The van der Waals surface area contributed by atoms with Gasteiger partial charge in [-0.15, -0.1) is 0 Å². The first-order chi connectivity index (χ1) is 12.9. The fourth-order valence-corrected chi connectivity index (χ4v) is 5.16. The predicted octanol–water partition coefficient (Wildman–Crippen LogP) is 2.13. The Morgan fingerprint density at radius 1 is 1.33 bits per heavy atom. The van der Waals surface area contributed by atoms with Gasteiger partial charge in [-0.05, 0) is 55.6 Å². The second kappa shape index (κ2) is 8.68. The molecule has 27 heavy (non-hydrogen) atoms. The normalized spacial score (nSPS) is 17.2. The van der Waals surface area contributed by atoms with Gasteiger partial charge >= 0.3 is 0 Å². The molecule has 0 unspecified atom stereocenters. The van der Waals surface area contributed by atoms with E-state index in [2.05, 4.69) is 9.88 Å². The van der Waals surface area contributed by atoms with Gasteiger partial charge in [0.15, 0.2) is 0 Å². The topological polar surface area (TPSA) is 76.6 Å². The molecule has 0 bridgehead atoms. The molecule has 150 valence electrons. The van der Waals surface area contributed by atoms with Crippen molar-refractivity contribution in [3.63, 3.8) is 0 Å². The number of sulfonamides is 1. The fraction of sp³-hybridized carbons (Fsp3) is 0.579. The molecule has 1 aliphatic heterocycles. The van der Waals surface area contributed by atoms with Crippen LogP contribution in [-0.4, -0.2) is 72.8 Å². The van der Waals surface area contributed by atoms with Crippen molar-refractivity contribution < 1.29 is 17.9 Å². The zero-order valence-corrected chi connectivity index (χ0v) is 16.5. The molecule has 0 aliphatic carbocycles. The number of aromatic nitrogens is 1. The average molecular weight is 398 g/mol. The third kappa shape index (κ3) is 4.68. The summed E-state index contributed by atoms with van der Waals surface area (Å²) < 4.78 is 39.0. The van der Waals surface area contributed by atoms with E-state index in [1.54, 1.807) is 0 Å². The molecule has 0 spiro atoms. The molecule has 0 atom stereocenters. The summed E-state index contributed by atoms with van der Waals surface area (Å²) in [4.78, 5) is 5.46. The Morgan fingerprint density at radius 2 is 2.07 bits per heavy atom. The van der Waals surface area contributed by atoms with Gasteiger partial charge in [0.05, 0.1) is 12.4 Å². The lowest BCUT2D eigenvalue weighted by molar-refractivity contribution is 0.200. The highest BCUT2D eigenvalue weighted by Gasteiger charge is 2.25. The fourth-order valence-electron chi connectivity index (χ4n) is 3.92. The first kappa shape index (κ1) is 20.3. The van der Waals surface area contributed by atoms with Gasteiger partial charge < -0.3 is 15.0 Å². The van der Waals surface area contributed by atoms with Gasteiger partial charge in [-0.1, -0.05) is 6.92 Å². The van der Waals surface area contributed by atoms with Crippen LogP contribution in [0, 0.1) is 5.82 Å². The highest BCUT2D eigenvalue weighted by atomic mass is 32.2. The molecule has 3 rings (SSSR count). The predicted molar refractivity (Wildman–Crippen MR) is 105 cm³/mol. The minimum Gasteiger partial charge on any atom is -0.395 e. The van der Waals surface area contributed by atoms with Crippen molar-refractivity contribution in [2.75, 3.05) is 45.1 Å². The summed E-state index contributed by atoms with van der Waals surface area (Å²) >= 11 is 0. The van der Waals surface area contributed by atoms with E-state index < -0.39 is 10.0 Å². The number of benzene rings is 1. The first-order valence-corrected chi connectivity index (χ1v) is 11.1. The van der Waals surface area contributed by atoms with Gasteiger partial charge in [-0.25, -0.2) is 17.1 Å². The summed E-state index contributed by atoms with van der Waals surface area (Å²) in [6, 6.07) is 4.87. The Kier molecular flexibility index (Phi) is 6.52. The molecule has 2 N–H and O–H groups in total. The van der Waals surface area contributed by atoms with Crippen LogP contribution in [0.5, 0.6) is 0 Å². The number of nitrogens with zero attached hydrogens (tertiary/aromatic N) is 2. The Hall–Kier alpha value is -1.48. The van der Waals surface area contributed by atoms with Crippen LogP contribution in [0.4, 0.5) is 4.39 Å². The number of aliphatic hydroxyl groups excluding tert-OH is 1. The molecular weight excluding hydrogens is 369 g/mol. The number of nitrogens with one attached hydrogen (secondary N) is 1. The van der Waals surface area contributed by atoms with E-state index in [0.29, 0.717) is 25.6 Å². The quantitative estimate of drug-likeness (QED) is 0.716. The van der Waals surface area contributed by atoms with Crippen molar-refractivity contribution in [3.05, 3.63) is 35.8 Å². The number of aromatic amines is 1. The smallest absolute Gasteiger partial charge is 0.216 e. The lowest BCUT2D eigenvalue weighted by Gasteiger charge is -2.33. The van der Waals surface area contributed by atoms with Crippen molar-refractivity contribution in [2.24, 2.45) is 0 Å². The number of fused-ring (bicyclic) bond motifs is 1. The van der Waals surface area contributed by atoms with Crippen molar-refractivity contribution in [1.82, 2.24) is 14.2 Å². The molecule has 0 saturated carbocycles. The van der Waals surface area contributed by atoms with Crippen LogP contribution >= 0.6 is 0 Å². The molecule has 1 aliphatic rings. The first-order valence-electron chi connectivity index (χ1n) is 9.52. The second-order valence-corrected chi connectivity index (χ2v) is 9.17. The van der Waals surface area contributed by atoms with E-state index in [1.807, 2.05) is 19.2 Å². The maximum Gasteiger partial charge on any atom is 0.216 e. The molecule has 0 amide bonds. The van der Waals surface area contributed by atoms with Crippen LogP contribution in [0.25, 0.3) is 10.9 Å². The molecule has 1 saturated heterocycles. The molecule has 1 aromatic heterocycles. The van der Waals surface area contributed by atoms with Gasteiger partial charge in [0, 0.05) is 36.7 Å². The second-order valence-electron chi connectivity index (χ2n) is 7.08. The van der Waals surface area contributed by atoms with Gasteiger partial charge in [-0.2, -0.15) is 0 Å². The number of aliphatic hydroxyl groups is 1. The van der Waals surface area contributed by atoms with Crippen LogP contribution in [0.3, 0.4) is 0 Å². The average Bonchev–Trinajstić information content (AvgIpc) is 3.05. The minimum absolute atomic E-state index is 0.218. The number of halogens is 1. The largest absolute Gasteiger partial charge is 0.395 e. The van der Waals surface area contributed by atoms with Crippen molar-refractivity contribution in [1.29, 1.82) is 0 Å². The van der Waals surface area contributed by atoms with Crippen molar-refractivity contribution >= 4 is 20.9 Å². The van der Waals surface area contributed by atoms with E-state index in [1.165, 1.54) is 22.0 Å². The van der Waals surface area contributed by atoms with Crippen LogP contribution in [0.15, 0.2) is 24.4 Å². The van der Waals surface area contributed by atoms with Crippen LogP contribution < -0.4 is 0 Å². The molecule has 6 nitrogen and oxygen atoms in total. The van der Waals surface area contributed by atoms with E-state index in [0.717, 1.165) is 36.8 Å². The van der Waals surface area contributed by atoms with Gasteiger partial charge in [-0.3, -0.25) is 0 Å². The Labute approximate surface area is 160 Å². The Bertz CT molecular complexity index is 860. The molecule has 2 aromatic rings. The number of rotatable bonds is 8. The number of hydrogen-bond acceptors (Lipinski definition) is 4. The van der Waals surface area contributed by atoms with Crippen LogP contribution in [-0.2, 0) is 10.0 Å². The highest BCUT2D eigenvalue weighted by Crippen LogP contribution is 2.33. The number of likely N-dealkylation sites (N-methyl/N-ethyl adjacent to an activating group) is 1. The van der Waals surface area contributed by atoms with Crippen molar-refractivity contribution in [2.45, 2.75) is 25.7 Å². The highest BCUT2D eigenvalue weighted by molar-refractivity contribution is 7.89. The standard InChI is InChI=1S/C19H28FN3O3S/c1-2-23(27(25,26)12-11-24)10-9-22-7-5-15(6-8-22)18-14-21-19-13-16(20)3-4-17(18)19/h3-4,13-15,21,24H,2,5-12H2,1H3. The summed E-state index contributed by atoms with van der Waals surface area (Å²) in [5.41, 5.74) is 2.07. The van der Waals surface area contributed by atoms with Gasteiger partial charge in [0.1, 0.15) is 5.82 Å². The number of likely N-dealkylation sites (tertiary alicyclic amines) is 1. The van der Waals surface area contributed by atoms with E-state index >= 15 is 0 Å². The summed E-state index contributed by atoms with van der Waals surface area (Å²) in [7, 11) is -3.38. The van der Waals surface area contributed by atoms with Crippen LogP contribution in [0.1, 0.15) is 31.2 Å². The molecule has 8 heteroatoms. The molecule has 2 heterocycles. The maximum absolute atomic E-state index is 13.4. The summed E-state index contributed by atoms with van der Waals surface area (Å²) in [6.45, 7) is 4.87. The van der Waals surface area contributed by atoms with Gasteiger partial charge in [0.2, 0.25) is 10.0 Å². The van der Waals surface area contributed by atoms with E-state index in [-0.39, 0.29) is 18.2 Å². The minimum atomic E-state index is -3.38. The third-order valence-electron chi connectivity index (χ3n) is 5.46. The summed E-state index contributed by atoms with van der Waals surface area (Å²) in [5.74, 6) is -0.0208. The summed E-state index contributed by atoms with van der Waals surface area (Å²) in [5, 5.41) is 10.0. The molecule has 1 aromatic carbocycles. The zero-order chi connectivity index (χ0) is 19.4. The van der Waals surface area contributed by atoms with Crippen LogP contribution in [0.2, 0.25) is 0 Å². The molecule has 0 radical (unpaired) electrons. The number of piperidine rings is 1. The lowest BCUT2D eigenvalue weighted by atomic mass is 9.89. The number of H-pyrrole nitrogens is 1. The van der Waals surface area contributed by atoms with E-state index in [9.17, 15) is 12.8 Å². The number of hydrogen-bond donors (Lipinski definition) is 2. The van der Waals surface area contributed by atoms with Gasteiger partial charge in [0.25, 0.3) is 0 Å². The molecule has 1 fully saturated rings. The lowest BCUT2D eigenvalue weighted by Crippen LogP contribution is -2.42. The Morgan fingerprint density at radius 3 is 2.74 bits per heavy atom. The zero-order valence-electron chi connectivity index (χ0n) is 15.7. The Balaban J connectivity index is 1.55. The third-order valence-corrected chi connectivity index (χ3v) is 7.39. The van der Waals surface area contributed by atoms with Crippen molar-refractivity contribution in [3.8, 4) is 0 Å². The van der Waals surface area contributed by atoms with E-state index in [4.69, 9.17) is 5.11 Å².